The van der Waals surface area contributed by atoms with Crippen molar-refractivity contribution in [3.63, 3.8) is 0 Å². The molecule has 0 bridgehead atoms. The highest BCUT2D eigenvalue weighted by Gasteiger charge is 2.32. The predicted molar refractivity (Wildman–Crippen MR) is 116 cm³/mol. The van der Waals surface area contributed by atoms with Crippen LogP contribution in [0.5, 0.6) is 0 Å². The summed E-state index contributed by atoms with van der Waals surface area (Å²) in [5, 5.41) is 0. The van der Waals surface area contributed by atoms with Crippen molar-refractivity contribution >= 4 is 29.2 Å². The lowest BCUT2D eigenvalue weighted by Crippen LogP contribution is -2.32. The summed E-state index contributed by atoms with van der Waals surface area (Å²) in [6.45, 7) is 0. The molecular weight excluding hydrogens is 365 g/mol. The summed E-state index contributed by atoms with van der Waals surface area (Å²) in [6, 6.07) is 23.2. The number of amides is 1. The van der Waals surface area contributed by atoms with Crippen molar-refractivity contribution in [1.82, 2.24) is 0 Å². The first-order chi connectivity index (χ1) is 14.0. The van der Waals surface area contributed by atoms with Gasteiger partial charge in [0, 0.05) is 25.3 Å². The van der Waals surface area contributed by atoms with Crippen molar-refractivity contribution in [3.05, 3.63) is 102 Å². The maximum absolute atomic E-state index is 13.4. The van der Waals surface area contributed by atoms with E-state index in [-0.39, 0.29) is 11.7 Å². The molecule has 5 heteroatoms. The molecule has 4 rings (SSSR count). The molecule has 0 saturated carbocycles. The van der Waals surface area contributed by atoms with Crippen molar-refractivity contribution in [2.24, 2.45) is 4.99 Å². The van der Waals surface area contributed by atoms with Gasteiger partial charge < -0.3 is 4.90 Å². The lowest BCUT2D eigenvalue weighted by molar-refractivity contribution is -0.113. The Morgan fingerprint density at radius 3 is 2.17 bits per heavy atom. The van der Waals surface area contributed by atoms with Crippen LogP contribution in [0.4, 0.5) is 15.8 Å². The van der Waals surface area contributed by atoms with Gasteiger partial charge >= 0.3 is 0 Å². The fourth-order valence-electron chi connectivity index (χ4n) is 3.15. The second-order valence-electron chi connectivity index (χ2n) is 6.93. The fraction of sp³-hybridized carbons (Fsp3) is 0.0833. The fourth-order valence-corrected chi connectivity index (χ4v) is 3.15. The quantitative estimate of drug-likeness (QED) is 0.609. The van der Waals surface area contributed by atoms with Crippen LogP contribution in [0.1, 0.15) is 11.1 Å². The Labute approximate surface area is 169 Å². The van der Waals surface area contributed by atoms with E-state index in [2.05, 4.69) is 4.99 Å². The molecule has 1 aliphatic heterocycles. The molecule has 4 nitrogen and oxygen atoms in total. The molecule has 144 valence electrons. The van der Waals surface area contributed by atoms with Gasteiger partial charge in [-0.15, -0.1) is 0 Å². The summed E-state index contributed by atoms with van der Waals surface area (Å²) < 4.78 is 13.4. The molecule has 0 N–H and O–H groups in total. The summed E-state index contributed by atoms with van der Waals surface area (Å²) in [6.07, 6.45) is 1.77. The molecule has 29 heavy (non-hydrogen) atoms. The van der Waals surface area contributed by atoms with Gasteiger partial charge in [0.25, 0.3) is 5.91 Å². The van der Waals surface area contributed by atoms with Crippen molar-refractivity contribution in [3.8, 4) is 0 Å². The van der Waals surface area contributed by atoms with E-state index in [1.807, 2.05) is 73.6 Å². The zero-order chi connectivity index (χ0) is 20.4. The zero-order valence-corrected chi connectivity index (χ0v) is 16.2. The smallest absolute Gasteiger partial charge is 0.282 e. The van der Waals surface area contributed by atoms with Gasteiger partial charge in [0.2, 0.25) is 0 Å². The van der Waals surface area contributed by atoms with Gasteiger partial charge in [0.15, 0.2) is 0 Å². The second kappa shape index (κ2) is 7.72. The first kappa shape index (κ1) is 18.6. The Kier molecular flexibility index (Phi) is 4.96. The number of para-hydroxylation sites is 1. The number of benzene rings is 3. The van der Waals surface area contributed by atoms with Crippen LogP contribution in [0.15, 0.2) is 89.6 Å². The van der Waals surface area contributed by atoms with Crippen LogP contribution >= 0.6 is 0 Å². The van der Waals surface area contributed by atoms with Crippen molar-refractivity contribution in [1.29, 1.82) is 0 Å². The van der Waals surface area contributed by atoms with E-state index in [4.69, 9.17) is 0 Å². The van der Waals surface area contributed by atoms with Crippen LogP contribution in [0, 0.1) is 5.82 Å². The highest BCUT2D eigenvalue weighted by molar-refractivity contribution is 6.33. The highest BCUT2D eigenvalue weighted by atomic mass is 19.1. The summed E-state index contributed by atoms with van der Waals surface area (Å²) >= 11 is 0. The number of carbonyl (C=O) groups excluding carboxylic acids is 1. The molecule has 0 atom stereocenters. The number of amidine groups is 1. The summed E-state index contributed by atoms with van der Waals surface area (Å²) in [5.41, 5.74) is 3.69. The van der Waals surface area contributed by atoms with E-state index in [9.17, 15) is 9.18 Å². The molecule has 1 amide bonds. The molecule has 3 aromatic rings. The Morgan fingerprint density at radius 1 is 0.897 bits per heavy atom. The predicted octanol–water partition coefficient (Wildman–Crippen LogP) is 4.73. The van der Waals surface area contributed by atoms with Gasteiger partial charge in [-0.25, -0.2) is 9.38 Å². The molecule has 0 aromatic heterocycles. The molecule has 0 spiro atoms. The third-order valence-corrected chi connectivity index (χ3v) is 4.69. The normalized spacial score (nSPS) is 15.0. The van der Waals surface area contributed by atoms with E-state index >= 15 is 0 Å². The Morgan fingerprint density at radius 2 is 1.55 bits per heavy atom. The SMILES string of the molecule is CN(C)c1ccc(/C=C2/N=C(c3ccc(F)cc3)N(c3ccccc3)C2=O)cc1. The molecule has 0 aliphatic carbocycles. The van der Waals surface area contributed by atoms with Crippen LogP contribution < -0.4 is 9.80 Å². The standard InChI is InChI=1S/C24H20FN3O/c1-27(2)20-14-8-17(9-15-20)16-22-24(29)28(21-6-4-3-5-7-21)23(26-22)18-10-12-19(25)13-11-18/h3-16H,1-2H3/b22-16+. The van der Waals surface area contributed by atoms with Crippen molar-refractivity contribution in [2.45, 2.75) is 0 Å². The molecule has 0 saturated heterocycles. The molecule has 0 radical (unpaired) electrons. The van der Waals surface area contributed by atoms with E-state index in [1.165, 1.54) is 12.1 Å². The average molecular weight is 385 g/mol. The van der Waals surface area contributed by atoms with Gasteiger partial charge in [0.05, 0.1) is 5.69 Å². The largest absolute Gasteiger partial charge is 0.378 e. The summed E-state index contributed by atoms with van der Waals surface area (Å²) in [5.74, 6) is -0.0637. The van der Waals surface area contributed by atoms with E-state index in [0.717, 1.165) is 11.3 Å². The van der Waals surface area contributed by atoms with Crippen LogP contribution in [0.3, 0.4) is 0 Å². The van der Waals surface area contributed by atoms with Gasteiger partial charge in [-0.05, 0) is 60.2 Å². The van der Waals surface area contributed by atoms with E-state index in [0.29, 0.717) is 22.8 Å². The average Bonchev–Trinajstić information content (AvgIpc) is 3.05. The minimum Gasteiger partial charge on any atom is -0.378 e. The summed E-state index contributed by atoms with van der Waals surface area (Å²) in [7, 11) is 3.95. The number of halogens is 1. The lowest BCUT2D eigenvalue weighted by Gasteiger charge is -2.18. The minimum absolute atomic E-state index is 0.216. The highest BCUT2D eigenvalue weighted by Crippen LogP contribution is 2.28. The van der Waals surface area contributed by atoms with Gasteiger partial charge in [-0.1, -0.05) is 30.3 Å². The Bertz CT molecular complexity index is 1090. The van der Waals surface area contributed by atoms with E-state index in [1.54, 1.807) is 23.1 Å². The van der Waals surface area contributed by atoms with E-state index < -0.39 is 0 Å². The third kappa shape index (κ3) is 3.80. The topological polar surface area (TPSA) is 35.9 Å². The first-order valence-corrected chi connectivity index (χ1v) is 9.26. The number of rotatable bonds is 4. The Hall–Kier alpha value is -3.73. The number of hydrogen-bond donors (Lipinski definition) is 0. The number of carbonyl (C=O) groups is 1. The van der Waals surface area contributed by atoms with Crippen LogP contribution in [-0.2, 0) is 4.79 Å². The van der Waals surface area contributed by atoms with Crippen LogP contribution in [-0.4, -0.2) is 25.8 Å². The Balaban J connectivity index is 1.77. The van der Waals surface area contributed by atoms with Crippen molar-refractivity contribution in [2.75, 3.05) is 23.9 Å². The van der Waals surface area contributed by atoms with Crippen molar-refractivity contribution < 1.29 is 9.18 Å². The molecule has 0 unspecified atom stereocenters. The molecular formula is C24H20FN3O. The molecule has 0 fully saturated rings. The number of hydrogen-bond acceptors (Lipinski definition) is 3. The van der Waals surface area contributed by atoms with Gasteiger partial charge in [-0.3, -0.25) is 9.69 Å². The maximum atomic E-state index is 13.4. The minimum atomic E-state index is -0.332. The monoisotopic (exact) mass is 385 g/mol. The first-order valence-electron chi connectivity index (χ1n) is 9.26. The summed E-state index contributed by atoms with van der Waals surface area (Å²) in [4.78, 5) is 21.4. The number of aliphatic imine (C=N–C) groups is 1. The van der Waals surface area contributed by atoms with Gasteiger partial charge in [0.1, 0.15) is 17.3 Å². The molecule has 3 aromatic carbocycles. The maximum Gasteiger partial charge on any atom is 0.282 e. The van der Waals surface area contributed by atoms with Crippen LogP contribution in [0.2, 0.25) is 0 Å². The number of anilines is 2. The zero-order valence-electron chi connectivity index (χ0n) is 16.2. The van der Waals surface area contributed by atoms with Gasteiger partial charge in [-0.2, -0.15) is 0 Å². The third-order valence-electron chi connectivity index (χ3n) is 4.69. The molecule has 1 heterocycles. The lowest BCUT2D eigenvalue weighted by atomic mass is 10.1. The number of nitrogens with zero attached hydrogens (tertiary/aromatic N) is 3. The van der Waals surface area contributed by atoms with Crippen LogP contribution in [0.25, 0.3) is 6.08 Å². The molecule has 1 aliphatic rings. The second-order valence-corrected chi connectivity index (χ2v) is 6.93.